The molecule has 0 saturated carbocycles. The lowest BCUT2D eigenvalue weighted by Crippen LogP contribution is -2.25. The Bertz CT molecular complexity index is 349. The molecule has 0 aromatic heterocycles. The quantitative estimate of drug-likeness (QED) is 0.579. The molecule has 0 bridgehead atoms. The highest BCUT2D eigenvalue weighted by atomic mass is 16.5. The summed E-state index contributed by atoms with van der Waals surface area (Å²) in [5, 5.41) is 2.60. The molecule has 1 rings (SSSR count). The van der Waals surface area contributed by atoms with E-state index < -0.39 is 0 Å². The van der Waals surface area contributed by atoms with Crippen LogP contribution in [0.1, 0.15) is 17.3 Å². The average molecular weight is 207 g/mol. The lowest BCUT2D eigenvalue weighted by atomic mass is 10.2. The Kier molecular flexibility index (Phi) is 4.34. The number of rotatable bonds is 5. The number of amides is 1. The molecule has 1 N–H and O–H groups in total. The van der Waals surface area contributed by atoms with Crippen LogP contribution in [0.5, 0.6) is 5.75 Å². The standard InChI is InChI=1S/C11H13NO3/c1-9(14)12-6-7-15-11-5-3-2-4-10(11)8-13/h2-5,8H,6-7H2,1H3,(H,12,14). The van der Waals surface area contributed by atoms with Crippen molar-refractivity contribution in [3.8, 4) is 5.75 Å². The van der Waals surface area contributed by atoms with Gasteiger partial charge in [0.25, 0.3) is 0 Å². The monoisotopic (exact) mass is 207 g/mol. The molecule has 0 aliphatic rings. The van der Waals surface area contributed by atoms with Gasteiger partial charge in [-0.2, -0.15) is 0 Å². The summed E-state index contributed by atoms with van der Waals surface area (Å²) in [5.74, 6) is 0.445. The number of nitrogens with one attached hydrogen (secondary N) is 1. The van der Waals surface area contributed by atoms with E-state index >= 15 is 0 Å². The lowest BCUT2D eigenvalue weighted by molar-refractivity contribution is -0.119. The number of hydrogen-bond acceptors (Lipinski definition) is 3. The smallest absolute Gasteiger partial charge is 0.216 e. The number of para-hydroxylation sites is 1. The van der Waals surface area contributed by atoms with Crippen molar-refractivity contribution < 1.29 is 14.3 Å². The van der Waals surface area contributed by atoms with Gasteiger partial charge < -0.3 is 10.1 Å². The molecule has 0 spiro atoms. The van der Waals surface area contributed by atoms with Crippen LogP contribution in [0.4, 0.5) is 0 Å². The van der Waals surface area contributed by atoms with Gasteiger partial charge in [0, 0.05) is 6.92 Å². The number of benzene rings is 1. The van der Waals surface area contributed by atoms with Crippen LogP contribution in [0.15, 0.2) is 24.3 Å². The van der Waals surface area contributed by atoms with Gasteiger partial charge in [0.05, 0.1) is 12.1 Å². The van der Waals surface area contributed by atoms with Crippen LogP contribution >= 0.6 is 0 Å². The molecular weight excluding hydrogens is 194 g/mol. The van der Waals surface area contributed by atoms with Crippen LogP contribution in [0.25, 0.3) is 0 Å². The first-order chi connectivity index (χ1) is 7.24. The summed E-state index contributed by atoms with van der Waals surface area (Å²) in [6, 6.07) is 6.96. The first kappa shape index (κ1) is 11.2. The third kappa shape index (κ3) is 3.81. The summed E-state index contributed by atoms with van der Waals surface area (Å²) < 4.78 is 5.33. The van der Waals surface area contributed by atoms with Gasteiger partial charge in [-0.15, -0.1) is 0 Å². The molecule has 0 radical (unpaired) electrons. The summed E-state index contributed by atoms with van der Waals surface area (Å²) in [6.07, 6.45) is 0.744. The van der Waals surface area contributed by atoms with Crippen molar-refractivity contribution in [3.63, 3.8) is 0 Å². The molecule has 80 valence electrons. The zero-order valence-electron chi connectivity index (χ0n) is 8.53. The minimum atomic E-state index is -0.0951. The van der Waals surface area contributed by atoms with Gasteiger partial charge in [0.15, 0.2) is 6.29 Å². The molecule has 4 nitrogen and oxygen atoms in total. The lowest BCUT2D eigenvalue weighted by Gasteiger charge is -2.07. The van der Waals surface area contributed by atoms with Crippen LogP contribution in [0.2, 0.25) is 0 Å². The molecule has 1 aromatic carbocycles. The van der Waals surface area contributed by atoms with Gasteiger partial charge in [0.2, 0.25) is 5.91 Å². The number of ether oxygens (including phenoxy) is 1. The fourth-order valence-electron chi connectivity index (χ4n) is 1.10. The van der Waals surface area contributed by atoms with Crippen LogP contribution < -0.4 is 10.1 Å². The molecule has 1 amide bonds. The third-order valence-electron chi connectivity index (χ3n) is 1.78. The van der Waals surface area contributed by atoms with Crippen molar-refractivity contribution in [2.24, 2.45) is 0 Å². The number of carbonyl (C=O) groups excluding carboxylic acids is 2. The fourth-order valence-corrected chi connectivity index (χ4v) is 1.10. The van der Waals surface area contributed by atoms with Crippen molar-refractivity contribution in [1.82, 2.24) is 5.32 Å². The first-order valence-corrected chi connectivity index (χ1v) is 4.65. The summed E-state index contributed by atoms with van der Waals surface area (Å²) in [7, 11) is 0. The van der Waals surface area contributed by atoms with Gasteiger partial charge in [-0.05, 0) is 12.1 Å². The Hall–Kier alpha value is -1.84. The van der Waals surface area contributed by atoms with E-state index in [1.54, 1.807) is 24.3 Å². The van der Waals surface area contributed by atoms with E-state index in [0.717, 1.165) is 6.29 Å². The van der Waals surface area contributed by atoms with Crippen LogP contribution in [0.3, 0.4) is 0 Å². The highest BCUT2D eigenvalue weighted by Crippen LogP contribution is 2.14. The first-order valence-electron chi connectivity index (χ1n) is 4.65. The number of hydrogen-bond donors (Lipinski definition) is 1. The summed E-state index contributed by atoms with van der Waals surface area (Å²) >= 11 is 0. The molecule has 1 aromatic rings. The maximum Gasteiger partial charge on any atom is 0.216 e. The highest BCUT2D eigenvalue weighted by molar-refractivity contribution is 5.79. The largest absolute Gasteiger partial charge is 0.491 e. The van der Waals surface area contributed by atoms with Crippen LogP contribution in [0, 0.1) is 0 Å². The molecular formula is C11H13NO3. The second kappa shape index (κ2) is 5.80. The minimum absolute atomic E-state index is 0.0951. The Balaban J connectivity index is 2.43. The summed E-state index contributed by atoms with van der Waals surface area (Å²) in [6.45, 7) is 2.23. The maximum absolute atomic E-state index is 10.6. The summed E-state index contributed by atoms with van der Waals surface area (Å²) in [5.41, 5.74) is 0.514. The van der Waals surface area contributed by atoms with E-state index in [-0.39, 0.29) is 5.91 Å². The molecule has 0 heterocycles. The van der Waals surface area contributed by atoms with Gasteiger partial charge in [0.1, 0.15) is 12.4 Å². The van der Waals surface area contributed by atoms with E-state index in [2.05, 4.69) is 5.32 Å². The van der Waals surface area contributed by atoms with Gasteiger partial charge in [-0.3, -0.25) is 9.59 Å². The molecule has 0 fully saturated rings. The number of aldehydes is 1. The Labute approximate surface area is 88.2 Å². The molecule has 0 atom stereocenters. The van der Waals surface area contributed by atoms with E-state index in [1.807, 2.05) is 0 Å². The van der Waals surface area contributed by atoms with Crippen molar-refractivity contribution in [3.05, 3.63) is 29.8 Å². The van der Waals surface area contributed by atoms with Crippen molar-refractivity contribution in [1.29, 1.82) is 0 Å². The van der Waals surface area contributed by atoms with Gasteiger partial charge in [-0.1, -0.05) is 12.1 Å². The zero-order valence-corrected chi connectivity index (χ0v) is 8.53. The Morgan fingerprint density at radius 3 is 2.87 bits per heavy atom. The molecule has 0 aliphatic heterocycles. The SMILES string of the molecule is CC(=O)NCCOc1ccccc1C=O. The van der Waals surface area contributed by atoms with Gasteiger partial charge >= 0.3 is 0 Å². The molecule has 0 aliphatic carbocycles. The minimum Gasteiger partial charge on any atom is -0.491 e. The Morgan fingerprint density at radius 1 is 1.47 bits per heavy atom. The topological polar surface area (TPSA) is 55.4 Å². The number of carbonyl (C=O) groups is 2. The van der Waals surface area contributed by atoms with Crippen LogP contribution in [-0.4, -0.2) is 25.3 Å². The zero-order chi connectivity index (χ0) is 11.1. The van der Waals surface area contributed by atoms with Crippen molar-refractivity contribution >= 4 is 12.2 Å². The second-order valence-electron chi connectivity index (χ2n) is 2.99. The van der Waals surface area contributed by atoms with Gasteiger partial charge in [-0.25, -0.2) is 0 Å². The van der Waals surface area contributed by atoms with Crippen molar-refractivity contribution in [2.75, 3.05) is 13.2 Å². The predicted octanol–water partition coefficient (Wildman–Crippen LogP) is 1.01. The third-order valence-corrected chi connectivity index (χ3v) is 1.78. The maximum atomic E-state index is 10.6. The highest BCUT2D eigenvalue weighted by Gasteiger charge is 2.00. The molecule has 0 unspecified atom stereocenters. The predicted molar refractivity (Wildman–Crippen MR) is 56.0 cm³/mol. The van der Waals surface area contributed by atoms with E-state index in [0.29, 0.717) is 24.5 Å². The Morgan fingerprint density at radius 2 is 2.20 bits per heavy atom. The average Bonchev–Trinajstić information content (AvgIpc) is 2.24. The van der Waals surface area contributed by atoms with Crippen molar-refractivity contribution in [2.45, 2.75) is 6.92 Å². The molecule has 0 saturated heterocycles. The second-order valence-corrected chi connectivity index (χ2v) is 2.99. The molecule has 4 heteroatoms. The summed E-state index contributed by atoms with van der Waals surface area (Å²) in [4.78, 5) is 21.2. The van der Waals surface area contributed by atoms with E-state index in [4.69, 9.17) is 4.74 Å². The molecule has 15 heavy (non-hydrogen) atoms. The fraction of sp³-hybridized carbons (Fsp3) is 0.273. The van der Waals surface area contributed by atoms with E-state index in [9.17, 15) is 9.59 Å². The van der Waals surface area contributed by atoms with E-state index in [1.165, 1.54) is 6.92 Å². The van der Waals surface area contributed by atoms with Crippen LogP contribution in [-0.2, 0) is 4.79 Å². The normalized spacial score (nSPS) is 9.40.